The summed E-state index contributed by atoms with van der Waals surface area (Å²) in [6.45, 7) is 4.04. The Morgan fingerprint density at radius 1 is 1.50 bits per heavy atom. The lowest BCUT2D eigenvalue weighted by Gasteiger charge is -2.05. The lowest BCUT2D eigenvalue weighted by atomic mass is 10.2. The molecule has 3 nitrogen and oxygen atoms in total. The fourth-order valence-electron chi connectivity index (χ4n) is 1.25. The topological polar surface area (TPSA) is 38.3 Å². The van der Waals surface area contributed by atoms with Gasteiger partial charge in [-0.25, -0.2) is 0 Å². The third-order valence-electron chi connectivity index (χ3n) is 2.04. The molecule has 0 bridgehead atoms. The highest BCUT2D eigenvalue weighted by atomic mass is 127. The Bertz CT molecular complexity index is 342. The first-order valence-electron chi connectivity index (χ1n) is 5.35. The molecule has 16 heavy (non-hydrogen) atoms. The maximum Gasteiger partial charge on any atom is 0.251 e. The zero-order valence-electron chi connectivity index (χ0n) is 9.33. The van der Waals surface area contributed by atoms with Crippen LogP contribution in [0.4, 0.5) is 0 Å². The number of rotatable bonds is 6. The van der Waals surface area contributed by atoms with Crippen molar-refractivity contribution in [2.24, 2.45) is 0 Å². The third-order valence-corrected chi connectivity index (χ3v) is 2.71. The number of amides is 1. The van der Waals surface area contributed by atoms with E-state index in [-0.39, 0.29) is 5.91 Å². The van der Waals surface area contributed by atoms with Crippen LogP contribution in [0.25, 0.3) is 0 Å². The summed E-state index contributed by atoms with van der Waals surface area (Å²) in [6, 6.07) is 7.54. The van der Waals surface area contributed by atoms with Crippen molar-refractivity contribution >= 4 is 28.5 Å². The van der Waals surface area contributed by atoms with Gasteiger partial charge in [0.25, 0.3) is 5.91 Å². The van der Waals surface area contributed by atoms with Crippen molar-refractivity contribution in [3.8, 4) is 0 Å². The third kappa shape index (κ3) is 4.94. The predicted molar refractivity (Wildman–Crippen MR) is 72.6 cm³/mol. The zero-order valence-corrected chi connectivity index (χ0v) is 11.5. The van der Waals surface area contributed by atoms with Crippen LogP contribution in [-0.2, 0) is 4.74 Å². The minimum atomic E-state index is -0.0185. The van der Waals surface area contributed by atoms with Crippen LogP contribution >= 0.6 is 22.6 Å². The molecule has 0 saturated heterocycles. The molecular formula is C12H16INO2. The molecule has 4 heteroatoms. The fraction of sp³-hybridized carbons (Fsp3) is 0.417. The highest BCUT2D eigenvalue weighted by Gasteiger charge is 2.04. The number of carbonyl (C=O) groups excluding carboxylic acids is 1. The van der Waals surface area contributed by atoms with Crippen molar-refractivity contribution in [1.29, 1.82) is 0 Å². The molecule has 1 N–H and O–H groups in total. The summed E-state index contributed by atoms with van der Waals surface area (Å²) in [5.41, 5.74) is 0.711. The van der Waals surface area contributed by atoms with Gasteiger partial charge in [0.05, 0.1) is 0 Å². The molecule has 0 unspecified atom stereocenters. The Labute approximate surface area is 110 Å². The number of benzene rings is 1. The average molecular weight is 333 g/mol. The van der Waals surface area contributed by atoms with Crippen LogP contribution in [0, 0.1) is 3.57 Å². The monoisotopic (exact) mass is 333 g/mol. The first-order chi connectivity index (χ1) is 7.74. The molecule has 1 aromatic rings. The van der Waals surface area contributed by atoms with Crippen LogP contribution in [0.1, 0.15) is 23.7 Å². The minimum absolute atomic E-state index is 0.0185. The number of hydrogen-bond donors (Lipinski definition) is 1. The van der Waals surface area contributed by atoms with Gasteiger partial charge in [-0.3, -0.25) is 4.79 Å². The van der Waals surface area contributed by atoms with E-state index in [1.54, 1.807) is 0 Å². The quantitative estimate of drug-likeness (QED) is 0.642. The number of halogens is 1. The van der Waals surface area contributed by atoms with E-state index >= 15 is 0 Å². The summed E-state index contributed by atoms with van der Waals surface area (Å²) in [7, 11) is 0. The molecule has 0 aliphatic carbocycles. The molecule has 0 aromatic heterocycles. The number of nitrogens with one attached hydrogen (secondary N) is 1. The second-order valence-electron chi connectivity index (χ2n) is 3.32. The van der Waals surface area contributed by atoms with Crippen molar-refractivity contribution in [1.82, 2.24) is 5.32 Å². The van der Waals surface area contributed by atoms with E-state index in [0.29, 0.717) is 18.7 Å². The van der Waals surface area contributed by atoms with Gasteiger partial charge in [0.1, 0.15) is 0 Å². The molecule has 0 fully saturated rings. The maximum atomic E-state index is 11.7. The molecule has 0 atom stereocenters. The van der Waals surface area contributed by atoms with Crippen LogP contribution in [0.5, 0.6) is 0 Å². The van der Waals surface area contributed by atoms with Crippen LogP contribution < -0.4 is 5.32 Å². The maximum absolute atomic E-state index is 11.7. The van der Waals surface area contributed by atoms with Gasteiger partial charge < -0.3 is 10.1 Å². The molecular weight excluding hydrogens is 317 g/mol. The SMILES string of the molecule is CCOCCCNC(=O)c1cccc(I)c1. The van der Waals surface area contributed by atoms with Crippen LogP contribution in [0.2, 0.25) is 0 Å². The van der Waals surface area contributed by atoms with E-state index in [9.17, 15) is 4.79 Å². The van der Waals surface area contributed by atoms with Gasteiger partial charge in [-0.2, -0.15) is 0 Å². The summed E-state index contributed by atoms with van der Waals surface area (Å²) in [6.07, 6.45) is 0.851. The van der Waals surface area contributed by atoms with Gasteiger partial charge in [-0.15, -0.1) is 0 Å². The number of carbonyl (C=O) groups is 1. The van der Waals surface area contributed by atoms with E-state index < -0.39 is 0 Å². The average Bonchev–Trinajstić information content (AvgIpc) is 2.28. The van der Waals surface area contributed by atoms with Crippen molar-refractivity contribution < 1.29 is 9.53 Å². The summed E-state index contributed by atoms with van der Waals surface area (Å²) in [5, 5.41) is 2.86. The Hall–Kier alpha value is -0.620. The fourth-order valence-corrected chi connectivity index (χ4v) is 1.80. The van der Waals surface area contributed by atoms with Crippen molar-refractivity contribution in [3.05, 3.63) is 33.4 Å². The lowest BCUT2D eigenvalue weighted by molar-refractivity contribution is 0.0944. The molecule has 1 amide bonds. The Morgan fingerprint density at radius 2 is 2.31 bits per heavy atom. The van der Waals surface area contributed by atoms with Gasteiger partial charge in [0.15, 0.2) is 0 Å². The van der Waals surface area contributed by atoms with Crippen molar-refractivity contribution in [2.45, 2.75) is 13.3 Å². The normalized spacial score (nSPS) is 10.1. The molecule has 1 aromatic carbocycles. The standard InChI is InChI=1S/C12H16INO2/c1-2-16-8-4-7-14-12(15)10-5-3-6-11(13)9-10/h3,5-6,9H,2,4,7-8H2,1H3,(H,14,15). The van der Waals surface area contributed by atoms with Crippen molar-refractivity contribution in [2.75, 3.05) is 19.8 Å². The van der Waals surface area contributed by atoms with Gasteiger partial charge >= 0.3 is 0 Å². The van der Waals surface area contributed by atoms with E-state index in [0.717, 1.165) is 16.6 Å². The smallest absolute Gasteiger partial charge is 0.251 e. The van der Waals surface area contributed by atoms with Gasteiger partial charge in [-0.05, 0) is 54.1 Å². The Balaban J connectivity index is 2.30. The van der Waals surface area contributed by atoms with Crippen LogP contribution in [0.3, 0.4) is 0 Å². The number of hydrogen-bond acceptors (Lipinski definition) is 2. The molecule has 0 aliphatic heterocycles. The largest absolute Gasteiger partial charge is 0.382 e. The van der Waals surface area contributed by atoms with Crippen LogP contribution in [0.15, 0.2) is 24.3 Å². The van der Waals surface area contributed by atoms with E-state index in [4.69, 9.17) is 4.74 Å². The summed E-state index contributed by atoms with van der Waals surface area (Å²) < 4.78 is 6.26. The summed E-state index contributed by atoms with van der Waals surface area (Å²) in [4.78, 5) is 11.7. The molecule has 0 aliphatic rings. The molecule has 0 saturated carbocycles. The summed E-state index contributed by atoms with van der Waals surface area (Å²) >= 11 is 2.19. The highest BCUT2D eigenvalue weighted by Crippen LogP contribution is 2.07. The first-order valence-corrected chi connectivity index (χ1v) is 6.43. The molecule has 0 spiro atoms. The molecule has 0 radical (unpaired) electrons. The number of ether oxygens (including phenoxy) is 1. The molecule has 88 valence electrons. The van der Waals surface area contributed by atoms with Crippen LogP contribution in [-0.4, -0.2) is 25.7 Å². The Kier molecular flexibility index (Phi) is 6.40. The second kappa shape index (κ2) is 7.62. The van der Waals surface area contributed by atoms with E-state index in [1.165, 1.54) is 0 Å². The molecule has 1 rings (SSSR count). The van der Waals surface area contributed by atoms with Gasteiger partial charge in [0, 0.05) is 28.9 Å². The highest BCUT2D eigenvalue weighted by molar-refractivity contribution is 14.1. The predicted octanol–water partition coefficient (Wildman–Crippen LogP) is 2.45. The Morgan fingerprint density at radius 3 is 3.00 bits per heavy atom. The van der Waals surface area contributed by atoms with Gasteiger partial charge in [-0.1, -0.05) is 6.07 Å². The lowest BCUT2D eigenvalue weighted by Crippen LogP contribution is -2.25. The second-order valence-corrected chi connectivity index (χ2v) is 4.56. The van der Waals surface area contributed by atoms with E-state index in [1.807, 2.05) is 31.2 Å². The first kappa shape index (κ1) is 13.4. The van der Waals surface area contributed by atoms with E-state index in [2.05, 4.69) is 27.9 Å². The molecule has 0 heterocycles. The van der Waals surface area contributed by atoms with Crippen molar-refractivity contribution in [3.63, 3.8) is 0 Å². The minimum Gasteiger partial charge on any atom is -0.382 e. The zero-order chi connectivity index (χ0) is 11.8. The summed E-state index contributed by atoms with van der Waals surface area (Å²) in [5.74, 6) is -0.0185. The van der Waals surface area contributed by atoms with Gasteiger partial charge in [0.2, 0.25) is 0 Å².